The Morgan fingerprint density at radius 1 is 1.05 bits per heavy atom. The van der Waals surface area contributed by atoms with E-state index >= 15 is 0 Å². The topological polar surface area (TPSA) is 61.8 Å². The molecule has 0 aliphatic rings. The van der Waals surface area contributed by atoms with Gasteiger partial charge in [0.25, 0.3) is 0 Å². The number of ether oxygens (including phenoxy) is 1. The quantitative estimate of drug-likeness (QED) is 0.220. The fraction of sp³-hybridized carbons (Fsp3) is 0.786. The summed E-state index contributed by atoms with van der Waals surface area (Å²) in [6.07, 6.45) is 6.41. The van der Waals surface area contributed by atoms with Crippen molar-refractivity contribution in [2.75, 3.05) is 19.6 Å². The molecule has 0 radical (unpaired) electrons. The average Bonchev–Trinajstić information content (AvgIpc) is 2.46. The predicted octanol–water partition coefficient (Wildman–Crippen LogP) is 4.28. The standard InChI is InChI=1S/C14H27O5P/c1-4-7-9-11-18-20(16,13-17-14(15)6-3)19-12-10-8-5-2/h6H,3-5,7-13H2,1-2H3. The first kappa shape index (κ1) is 19.4. The molecular formula is C14H27O5P. The first-order valence-corrected chi connectivity index (χ1v) is 8.98. The summed E-state index contributed by atoms with van der Waals surface area (Å²) in [5.41, 5.74) is 0. The Hall–Kier alpha value is -0.640. The Morgan fingerprint density at radius 3 is 1.95 bits per heavy atom. The largest absolute Gasteiger partial charge is 0.450 e. The molecule has 118 valence electrons. The molecule has 0 aromatic heterocycles. The van der Waals surface area contributed by atoms with Gasteiger partial charge in [-0.2, -0.15) is 0 Å². The molecule has 0 aromatic rings. The molecule has 0 heterocycles. The zero-order valence-electron chi connectivity index (χ0n) is 12.6. The minimum Gasteiger partial charge on any atom is -0.450 e. The first-order chi connectivity index (χ1) is 9.58. The van der Waals surface area contributed by atoms with Crippen molar-refractivity contribution in [2.45, 2.75) is 52.4 Å². The summed E-state index contributed by atoms with van der Waals surface area (Å²) >= 11 is 0. The number of unbranched alkanes of at least 4 members (excludes halogenated alkanes) is 4. The fourth-order valence-electron chi connectivity index (χ4n) is 1.42. The highest BCUT2D eigenvalue weighted by Crippen LogP contribution is 2.48. The lowest BCUT2D eigenvalue weighted by molar-refractivity contribution is -0.136. The Balaban J connectivity index is 4.22. The molecule has 0 saturated heterocycles. The van der Waals surface area contributed by atoms with Gasteiger partial charge >= 0.3 is 13.6 Å². The molecule has 0 atom stereocenters. The highest BCUT2D eigenvalue weighted by atomic mass is 31.2. The van der Waals surface area contributed by atoms with Crippen LogP contribution in [0.2, 0.25) is 0 Å². The highest BCUT2D eigenvalue weighted by molar-refractivity contribution is 7.53. The summed E-state index contributed by atoms with van der Waals surface area (Å²) in [5.74, 6) is -0.625. The van der Waals surface area contributed by atoms with Gasteiger partial charge in [0.05, 0.1) is 13.2 Å². The maximum atomic E-state index is 12.4. The Labute approximate surface area is 122 Å². The van der Waals surface area contributed by atoms with E-state index in [-0.39, 0.29) is 6.35 Å². The van der Waals surface area contributed by atoms with Crippen LogP contribution in [0.1, 0.15) is 52.4 Å². The minimum atomic E-state index is -3.36. The van der Waals surface area contributed by atoms with Gasteiger partial charge in [-0.1, -0.05) is 46.1 Å². The normalized spacial score (nSPS) is 11.3. The zero-order valence-corrected chi connectivity index (χ0v) is 13.5. The van der Waals surface area contributed by atoms with Crippen LogP contribution in [-0.4, -0.2) is 25.5 Å². The van der Waals surface area contributed by atoms with Crippen molar-refractivity contribution in [3.63, 3.8) is 0 Å². The van der Waals surface area contributed by atoms with Crippen LogP contribution in [0.5, 0.6) is 0 Å². The summed E-state index contributed by atoms with van der Waals surface area (Å²) < 4.78 is 27.9. The molecule has 0 saturated carbocycles. The SMILES string of the molecule is C=CC(=O)OCP(=O)(OCCCCC)OCCCCC. The lowest BCUT2D eigenvalue weighted by Crippen LogP contribution is -2.08. The second-order valence-corrected chi connectivity index (χ2v) is 6.48. The molecule has 0 bridgehead atoms. The van der Waals surface area contributed by atoms with Crippen molar-refractivity contribution in [1.29, 1.82) is 0 Å². The molecule has 0 aliphatic carbocycles. The summed E-state index contributed by atoms with van der Waals surface area (Å²) in [5, 5.41) is 0. The predicted molar refractivity (Wildman–Crippen MR) is 79.7 cm³/mol. The number of carbonyl (C=O) groups is 1. The van der Waals surface area contributed by atoms with Crippen molar-refractivity contribution in [3.05, 3.63) is 12.7 Å². The summed E-state index contributed by atoms with van der Waals surface area (Å²) in [7, 11) is -3.36. The van der Waals surface area contributed by atoms with Gasteiger partial charge in [-0.05, 0) is 12.8 Å². The summed E-state index contributed by atoms with van der Waals surface area (Å²) in [6, 6.07) is 0. The number of carbonyl (C=O) groups excluding carboxylic acids is 1. The molecule has 0 unspecified atom stereocenters. The van der Waals surface area contributed by atoms with E-state index in [4.69, 9.17) is 13.8 Å². The molecule has 0 rings (SSSR count). The van der Waals surface area contributed by atoms with Crippen LogP contribution < -0.4 is 0 Å². The van der Waals surface area contributed by atoms with E-state index < -0.39 is 13.6 Å². The molecule has 0 aromatic carbocycles. The lowest BCUT2D eigenvalue weighted by atomic mass is 10.3. The van der Waals surface area contributed by atoms with Crippen LogP contribution in [0.3, 0.4) is 0 Å². The van der Waals surface area contributed by atoms with E-state index in [2.05, 4.69) is 20.4 Å². The maximum Gasteiger partial charge on any atom is 0.367 e. The van der Waals surface area contributed by atoms with Gasteiger partial charge in [0, 0.05) is 6.08 Å². The van der Waals surface area contributed by atoms with Crippen molar-refractivity contribution in [3.8, 4) is 0 Å². The van der Waals surface area contributed by atoms with Crippen molar-refractivity contribution < 1.29 is 23.1 Å². The third-order valence-corrected chi connectivity index (χ3v) is 4.20. The third-order valence-electron chi connectivity index (χ3n) is 2.60. The van der Waals surface area contributed by atoms with E-state index in [0.717, 1.165) is 44.6 Å². The molecule has 20 heavy (non-hydrogen) atoms. The van der Waals surface area contributed by atoms with E-state index in [9.17, 15) is 9.36 Å². The van der Waals surface area contributed by atoms with Crippen LogP contribution in [0.25, 0.3) is 0 Å². The van der Waals surface area contributed by atoms with Gasteiger partial charge in [-0.25, -0.2) is 4.79 Å². The van der Waals surface area contributed by atoms with E-state index in [1.165, 1.54) is 0 Å². The van der Waals surface area contributed by atoms with Crippen molar-refractivity contribution in [2.24, 2.45) is 0 Å². The second kappa shape index (κ2) is 12.1. The molecule has 0 N–H and O–H groups in total. The molecule has 0 fully saturated rings. The number of hydrogen-bond acceptors (Lipinski definition) is 5. The lowest BCUT2D eigenvalue weighted by Gasteiger charge is -2.18. The third kappa shape index (κ3) is 10.2. The van der Waals surface area contributed by atoms with Gasteiger partial charge in [0.15, 0.2) is 6.35 Å². The minimum absolute atomic E-state index is 0.351. The zero-order chi connectivity index (χ0) is 15.3. The maximum absolute atomic E-state index is 12.4. The van der Waals surface area contributed by atoms with Gasteiger partial charge in [-0.3, -0.25) is 4.57 Å². The Morgan fingerprint density at radius 2 is 1.55 bits per heavy atom. The monoisotopic (exact) mass is 306 g/mol. The van der Waals surface area contributed by atoms with Crippen LogP contribution in [-0.2, 0) is 23.1 Å². The van der Waals surface area contributed by atoms with E-state index in [0.29, 0.717) is 13.2 Å². The van der Waals surface area contributed by atoms with Crippen LogP contribution >= 0.6 is 7.60 Å². The van der Waals surface area contributed by atoms with Gasteiger partial charge in [-0.15, -0.1) is 0 Å². The number of rotatable bonds is 13. The van der Waals surface area contributed by atoms with Crippen molar-refractivity contribution >= 4 is 13.6 Å². The summed E-state index contributed by atoms with van der Waals surface area (Å²) in [6.45, 7) is 8.14. The van der Waals surface area contributed by atoms with Gasteiger partial charge < -0.3 is 13.8 Å². The van der Waals surface area contributed by atoms with E-state index in [1.54, 1.807) is 0 Å². The molecule has 0 aliphatic heterocycles. The number of esters is 1. The Kier molecular flexibility index (Phi) is 11.7. The van der Waals surface area contributed by atoms with Crippen LogP contribution in [0, 0.1) is 0 Å². The fourth-order valence-corrected chi connectivity index (χ4v) is 2.75. The molecular weight excluding hydrogens is 279 g/mol. The second-order valence-electron chi connectivity index (χ2n) is 4.49. The van der Waals surface area contributed by atoms with Crippen LogP contribution in [0.15, 0.2) is 12.7 Å². The highest BCUT2D eigenvalue weighted by Gasteiger charge is 2.26. The van der Waals surface area contributed by atoms with Crippen LogP contribution in [0.4, 0.5) is 0 Å². The number of hydrogen-bond donors (Lipinski definition) is 0. The Bertz CT molecular complexity index is 301. The van der Waals surface area contributed by atoms with Gasteiger partial charge in [0.1, 0.15) is 0 Å². The van der Waals surface area contributed by atoms with Gasteiger partial charge in [0.2, 0.25) is 0 Å². The van der Waals surface area contributed by atoms with E-state index in [1.807, 2.05) is 0 Å². The smallest absolute Gasteiger partial charge is 0.367 e. The average molecular weight is 306 g/mol. The first-order valence-electron chi connectivity index (χ1n) is 7.25. The summed E-state index contributed by atoms with van der Waals surface area (Å²) in [4.78, 5) is 11.0. The van der Waals surface area contributed by atoms with Crippen molar-refractivity contribution in [1.82, 2.24) is 0 Å². The molecule has 0 amide bonds. The molecule has 6 heteroatoms. The molecule has 5 nitrogen and oxygen atoms in total. The molecule has 0 spiro atoms.